The highest BCUT2D eigenvalue weighted by atomic mass is 32.1. The molecule has 1 aromatic heterocycles. The van der Waals surface area contributed by atoms with Crippen LogP contribution in [0.1, 0.15) is 9.67 Å². The van der Waals surface area contributed by atoms with Crippen LogP contribution in [0.5, 0.6) is 0 Å². The zero-order valence-electron chi connectivity index (χ0n) is 9.02. The molecule has 0 aliphatic heterocycles. The second-order valence-corrected chi connectivity index (χ2v) is 4.36. The predicted molar refractivity (Wildman–Crippen MR) is 67.3 cm³/mol. The van der Waals surface area contributed by atoms with Gasteiger partial charge >= 0.3 is 5.97 Å². The van der Waals surface area contributed by atoms with Crippen molar-refractivity contribution in [2.24, 2.45) is 0 Å². The van der Waals surface area contributed by atoms with Gasteiger partial charge < -0.3 is 15.8 Å². The summed E-state index contributed by atoms with van der Waals surface area (Å²) in [6, 6.07) is 5.27. The Bertz CT molecular complexity index is 592. The van der Waals surface area contributed by atoms with E-state index in [-0.39, 0.29) is 0 Å². The zero-order chi connectivity index (χ0) is 12.4. The highest BCUT2D eigenvalue weighted by Gasteiger charge is 2.16. The van der Waals surface area contributed by atoms with Crippen LogP contribution in [-0.4, -0.2) is 19.5 Å². The maximum absolute atomic E-state index is 11.5. The normalized spacial score (nSPS) is 10.2. The number of nitrogens with two attached hydrogens (primary N) is 1. The van der Waals surface area contributed by atoms with E-state index in [1.807, 2.05) is 0 Å². The van der Waals surface area contributed by atoms with Crippen LogP contribution in [-0.2, 0) is 9.53 Å². The maximum Gasteiger partial charge on any atom is 0.350 e. The van der Waals surface area contributed by atoms with Crippen LogP contribution < -0.4 is 11.1 Å². The maximum atomic E-state index is 11.5. The third-order valence-electron chi connectivity index (χ3n) is 2.32. The first-order valence-electron chi connectivity index (χ1n) is 4.78. The highest BCUT2D eigenvalue weighted by molar-refractivity contribution is 7.21. The summed E-state index contributed by atoms with van der Waals surface area (Å²) in [5, 5.41) is 3.27. The van der Waals surface area contributed by atoms with E-state index in [0.717, 1.165) is 10.1 Å². The number of rotatable bonds is 3. The number of esters is 1. The van der Waals surface area contributed by atoms with E-state index < -0.39 is 5.97 Å². The molecule has 3 N–H and O–H groups in total. The summed E-state index contributed by atoms with van der Waals surface area (Å²) in [5.41, 5.74) is 6.89. The zero-order valence-corrected chi connectivity index (χ0v) is 9.84. The molecule has 0 saturated heterocycles. The molecule has 0 unspecified atom stereocenters. The molecule has 1 amide bonds. The Balaban J connectivity index is 2.58. The number of thiophene rings is 1. The number of anilines is 2. The number of fused-ring (bicyclic) bond motifs is 1. The summed E-state index contributed by atoms with van der Waals surface area (Å²) in [6.07, 6.45) is 0.588. The largest absolute Gasteiger partial charge is 0.465 e. The number of ether oxygens (including phenoxy) is 1. The first-order valence-corrected chi connectivity index (χ1v) is 5.59. The van der Waals surface area contributed by atoms with E-state index in [0.29, 0.717) is 22.7 Å². The lowest BCUT2D eigenvalue weighted by Gasteiger charge is -1.99. The minimum atomic E-state index is -0.450. The number of nitrogens with one attached hydrogen (secondary N) is 1. The molecule has 0 atom stereocenters. The van der Waals surface area contributed by atoms with Crippen LogP contribution in [0.25, 0.3) is 10.1 Å². The molecule has 6 heteroatoms. The van der Waals surface area contributed by atoms with Crippen LogP contribution in [0.2, 0.25) is 0 Å². The molecule has 2 aromatic rings. The quantitative estimate of drug-likeness (QED) is 0.643. The van der Waals surface area contributed by atoms with Gasteiger partial charge in [0.1, 0.15) is 4.88 Å². The molecule has 0 aliphatic carbocycles. The van der Waals surface area contributed by atoms with Crippen molar-refractivity contribution < 1.29 is 14.3 Å². The molecule has 0 bridgehead atoms. The molecule has 5 nitrogen and oxygen atoms in total. The highest BCUT2D eigenvalue weighted by Crippen LogP contribution is 2.35. The van der Waals surface area contributed by atoms with Gasteiger partial charge in [-0.3, -0.25) is 4.79 Å². The van der Waals surface area contributed by atoms with E-state index in [9.17, 15) is 9.59 Å². The van der Waals surface area contributed by atoms with Crippen molar-refractivity contribution in [3.8, 4) is 0 Å². The van der Waals surface area contributed by atoms with Crippen molar-refractivity contribution in [2.75, 3.05) is 18.2 Å². The van der Waals surface area contributed by atoms with Crippen molar-refractivity contribution in [3.63, 3.8) is 0 Å². The van der Waals surface area contributed by atoms with Crippen LogP contribution >= 0.6 is 11.3 Å². The van der Waals surface area contributed by atoms with Gasteiger partial charge in [0.25, 0.3) is 0 Å². The van der Waals surface area contributed by atoms with Crippen molar-refractivity contribution in [1.82, 2.24) is 0 Å². The molecule has 88 valence electrons. The first kappa shape index (κ1) is 11.4. The van der Waals surface area contributed by atoms with E-state index in [4.69, 9.17) is 5.73 Å². The lowest BCUT2D eigenvalue weighted by molar-refractivity contribution is -0.105. The van der Waals surface area contributed by atoms with E-state index in [1.165, 1.54) is 18.4 Å². The number of hydrogen-bond donors (Lipinski definition) is 2. The van der Waals surface area contributed by atoms with Crippen molar-refractivity contribution in [3.05, 3.63) is 23.1 Å². The van der Waals surface area contributed by atoms with Crippen LogP contribution in [0.4, 0.5) is 11.4 Å². The molecule has 0 fully saturated rings. The molecule has 0 aliphatic rings. The van der Waals surface area contributed by atoms with Gasteiger partial charge in [0, 0.05) is 15.8 Å². The summed E-state index contributed by atoms with van der Waals surface area (Å²) in [4.78, 5) is 22.2. The molecule has 1 heterocycles. The smallest absolute Gasteiger partial charge is 0.350 e. The second-order valence-electron chi connectivity index (χ2n) is 3.31. The van der Waals surface area contributed by atoms with Crippen LogP contribution in [0.3, 0.4) is 0 Å². The molecule has 0 saturated carbocycles. The monoisotopic (exact) mass is 250 g/mol. The summed E-state index contributed by atoms with van der Waals surface area (Å²) < 4.78 is 5.52. The average molecular weight is 250 g/mol. The van der Waals surface area contributed by atoms with E-state index in [1.54, 1.807) is 18.2 Å². The lowest BCUT2D eigenvalue weighted by atomic mass is 10.2. The van der Waals surface area contributed by atoms with Gasteiger partial charge in [-0.25, -0.2) is 4.79 Å². The van der Waals surface area contributed by atoms with Gasteiger partial charge in [-0.15, -0.1) is 11.3 Å². The summed E-state index contributed by atoms with van der Waals surface area (Å²) >= 11 is 1.27. The van der Waals surface area contributed by atoms with Crippen molar-refractivity contribution in [1.29, 1.82) is 0 Å². The number of nitrogen functional groups attached to an aromatic ring is 1. The lowest BCUT2D eigenvalue weighted by Crippen LogP contribution is -2.01. The molecule has 0 spiro atoms. The van der Waals surface area contributed by atoms with Gasteiger partial charge in [0.05, 0.1) is 12.8 Å². The molecule has 0 radical (unpaired) electrons. The Morgan fingerprint density at radius 2 is 2.29 bits per heavy atom. The minimum Gasteiger partial charge on any atom is -0.465 e. The number of carbonyl (C=O) groups excluding carboxylic acids is 2. The van der Waals surface area contributed by atoms with Gasteiger partial charge in [-0.1, -0.05) is 0 Å². The molecular formula is C11H10N2O3S. The van der Waals surface area contributed by atoms with Crippen molar-refractivity contribution >= 4 is 45.2 Å². The van der Waals surface area contributed by atoms with Gasteiger partial charge in [0.2, 0.25) is 6.41 Å². The molecule has 17 heavy (non-hydrogen) atoms. The standard InChI is InChI=1S/C11H10N2O3S/c1-16-11(15)10-9(12)7-4-6(13-5-14)2-3-8(7)17-10/h2-5H,12H2,1H3,(H,13,14). The number of carbonyl (C=O) groups is 2. The van der Waals surface area contributed by atoms with Crippen LogP contribution in [0, 0.1) is 0 Å². The van der Waals surface area contributed by atoms with Crippen molar-refractivity contribution in [2.45, 2.75) is 0 Å². The van der Waals surface area contributed by atoms with E-state index in [2.05, 4.69) is 10.1 Å². The fourth-order valence-corrected chi connectivity index (χ4v) is 2.54. The first-order chi connectivity index (χ1) is 8.17. The molecular weight excluding hydrogens is 240 g/mol. The summed E-state index contributed by atoms with van der Waals surface area (Å²) in [5.74, 6) is -0.450. The Morgan fingerprint density at radius 1 is 1.53 bits per heavy atom. The number of benzene rings is 1. The number of amides is 1. The van der Waals surface area contributed by atoms with Gasteiger partial charge in [0.15, 0.2) is 0 Å². The molecule has 2 rings (SSSR count). The summed E-state index contributed by atoms with van der Waals surface area (Å²) in [7, 11) is 1.31. The van der Waals surface area contributed by atoms with Crippen LogP contribution in [0.15, 0.2) is 18.2 Å². The van der Waals surface area contributed by atoms with Gasteiger partial charge in [-0.05, 0) is 18.2 Å². The SMILES string of the molecule is COC(=O)c1sc2ccc(NC=O)cc2c1N. The Kier molecular flexibility index (Phi) is 2.97. The average Bonchev–Trinajstić information content (AvgIpc) is 2.67. The van der Waals surface area contributed by atoms with E-state index >= 15 is 0 Å². The number of hydrogen-bond acceptors (Lipinski definition) is 5. The second kappa shape index (κ2) is 4.42. The Labute approximate surface area is 101 Å². The minimum absolute atomic E-state index is 0.380. The topological polar surface area (TPSA) is 81.4 Å². The third kappa shape index (κ3) is 1.94. The predicted octanol–water partition coefficient (Wildman–Crippen LogP) is 1.84. The Morgan fingerprint density at radius 3 is 2.94 bits per heavy atom. The van der Waals surface area contributed by atoms with Gasteiger partial charge in [-0.2, -0.15) is 0 Å². The summed E-state index contributed by atoms with van der Waals surface area (Å²) in [6.45, 7) is 0. The molecule has 1 aromatic carbocycles. The Hall–Kier alpha value is -2.08. The third-order valence-corrected chi connectivity index (χ3v) is 3.49. The number of methoxy groups -OCH3 is 1. The fraction of sp³-hybridized carbons (Fsp3) is 0.0909. The fourth-order valence-electron chi connectivity index (χ4n) is 1.52.